The minimum Gasteiger partial charge on any atom is -0.322 e. The molecule has 0 spiro atoms. The molecule has 0 unspecified atom stereocenters. The van der Waals surface area contributed by atoms with Crippen LogP contribution in [0.1, 0.15) is 22.3 Å². The van der Waals surface area contributed by atoms with E-state index in [1.54, 1.807) is 0 Å². The molecule has 10 nitrogen and oxygen atoms in total. The fourth-order valence-electron chi connectivity index (χ4n) is 2.27. The van der Waals surface area contributed by atoms with Crippen LogP contribution in [-0.4, -0.2) is 29.4 Å². The Morgan fingerprint density at radius 3 is 2.31 bits per heavy atom. The monoisotopic (exact) mass is 433 g/mol. The Kier molecular flexibility index (Phi) is 5.84. The molecule has 0 saturated heterocycles. The van der Waals surface area contributed by atoms with Crippen LogP contribution in [0.5, 0.6) is 0 Å². The predicted octanol–water partition coefficient (Wildman–Crippen LogP) is 3.06. The van der Waals surface area contributed by atoms with Crippen LogP contribution in [0.2, 0.25) is 0 Å². The average Bonchev–Trinajstić information content (AvgIpc) is 3.15. The summed E-state index contributed by atoms with van der Waals surface area (Å²) in [6, 6.07) is 10.7. The molecule has 0 aliphatic rings. The Hall–Kier alpha value is -3.38. The third kappa shape index (κ3) is 4.92. The highest BCUT2D eigenvalue weighted by Gasteiger charge is 2.17. The van der Waals surface area contributed by atoms with Gasteiger partial charge in [0.05, 0.1) is 9.82 Å². The molecule has 3 aromatic rings. The van der Waals surface area contributed by atoms with Crippen LogP contribution >= 0.6 is 11.3 Å². The number of non-ortho nitro benzene ring substituents is 1. The van der Waals surface area contributed by atoms with Gasteiger partial charge in [-0.1, -0.05) is 18.3 Å². The maximum atomic E-state index is 12.4. The van der Waals surface area contributed by atoms with E-state index in [2.05, 4.69) is 20.2 Å². The molecule has 150 valence electrons. The summed E-state index contributed by atoms with van der Waals surface area (Å²) < 4.78 is 27.2. The molecule has 1 amide bonds. The van der Waals surface area contributed by atoms with Crippen molar-refractivity contribution in [1.29, 1.82) is 0 Å². The SMILES string of the molecule is CCc1nnc(NS(=O)(=O)c2ccc(NC(=O)c3ccc([N+](=O)[O-])cc3)cc2)s1. The minimum absolute atomic E-state index is 0.000849. The number of carbonyl (C=O) groups is 1. The molecule has 0 aliphatic carbocycles. The van der Waals surface area contributed by atoms with Gasteiger partial charge < -0.3 is 5.32 Å². The molecule has 0 saturated carbocycles. The number of aromatic nitrogens is 2. The number of anilines is 2. The molecule has 1 aromatic heterocycles. The Morgan fingerprint density at radius 1 is 1.10 bits per heavy atom. The van der Waals surface area contributed by atoms with Crippen LogP contribution < -0.4 is 10.0 Å². The second-order valence-electron chi connectivity index (χ2n) is 5.74. The zero-order valence-electron chi connectivity index (χ0n) is 15.0. The Bertz CT molecular complexity index is 1140. The first-order chi connectivity index (χ1) is 13.8. The zero-order chi connectivity index (χ0) is 21.0. The summed E-state index contributed by atoms with van der Waals surface area (Å²) in [5, 5.41) is 21.8. The van der Waals surface area contributed by atoms with Crippen molar-refractivity contribution in [2.45, 2.75) is 18.2 Å². The van der Waals surface area contributed by atoms with E-state index >= 15 is 0 Å². The van der Waals surface area contributed by atoms with Crippen LogP contribution in [-0.2, 0) is 16.4 Å². The number of sulfonamides is 1. The number of hydrogen-bond donors (Lipinski definition) is 2. The number of hydrogen-bond acceptors (Lipinski definition) is 8. The Labute approximate surface area is 169 Å². The van der Waals surface area contributed by atoms with Crippen LogP contribution in [0, 0.1) is 10.1 Å². The van der Waals surface area contributed by atoms with Gasteiger partial charge in [-0.3, -0.25) is 19.6 Å². The first-order valence-corrected chi connectivity index (χ1v) is 10.6. The Morgan fingerprint density at radius 2 is 1.76 bits per heavy atom. The van der Waals surface area contributed by atoms with Crippen molar-refractivity contribution in [1.82, 2.24) is 10.2 Å². The number of benzene rings is 2. The second-order valence-corrected chi connectivity index (χ2v) is 8.49. The van der Waals surface area contributed by atoms with Gasteiger partial charge in [-0.2, -0.15) is 0 Å². The molecule has 0 atom stereocenters. The number of nitro groups is 1. The summed E-state index contributed by atoms with van der Waals surface area (Å²) in [4.78, 5) is 22.3. The summed E-state index contributed by atoms with van der Waals surface area (Å²) in [6.45, 7) is 1.89. The lowest BCUT2D eigenvalue weighted by Gasteiger charge is -2.08. The average molecular weight is 433 g/mol. The minimum atomic E-state index is -3.84. The van der Waals surface area contributed by atoms with Gasteiger partial charge in [0.1, 0.15) is 5.01 Å². The molecule has 12 heteroatoms. The topological polar surface area (TPSA) is 144 Å². The maximum absolute atomic E-state index is 12.4. The van der Waals surface area contributed by atoms with E-state index in [0.29, 0.717) is 17.1 Å². The van der Waals surface area contributed by atoms with Gasteiger partial charge in [-0.05, 0) is 42.8 Å². The van der Waals surface area contributed by atoms with Gasteiger partial charge in [0, 0.05) is 23.4 Å². The molecule has 2 N–H and O–H groups in total. The van der Waals surface area contributed by atoms with Crippen LogP contribution in [0.15, 0.2) is 53.4 Å². The lowest BCUT2D eigenvalue weighted by atomic mass is 10.2. The van der Waals surface area contributed by atoms with Crippen molar-refractivity contribution in [3.63, 3.8) is 0 Å². The molecule has 0 radical (unpaired) electrons. The Balaban J connectivity index is 1.68. The number of nitrogens with one attached hydrogen (secondary N) is 2. The van der Waals surface area contributed by atoms with Gasteiger partial charge >= 0.3 is 0 Å². The number of aryl methyl sites for hydroxylation is 1. The van der Waals surface area contributed by atoms with E-state index in [1.165, 1.54) is 48.5 Å². The van der Waals surface area contributed by atoms with E-state index in [0.717, 1.165) is 11.3 Å². The fraction of sp³-hybridized carbons (Fsp3) is 0.118. The van der Waals surface area contributed by atoms with Crippen LogP contribution in [0.25, 0.3) is 0 Å². The highest BCUT2D eigenvalue weighted by atomic mass is 32.2. The lowest BCUT2D eigenvalue weighted by molar-refractivity contribution is -0.384. The zero-order valence-corrected chi connectivity index (χ0v) is 16.7. The van der Waals surface area contributed by atoms with Crippen molar-refractivity contribution in [3.05, 3.63) is 69.2 Å². The quantitative estimate of drug-likeness (QED) is 0.430. The predicted molar refractivity (Wildman–Crippen MR) is 108 cm³/mol. The highest BCUT2D eigenvalue weighted by Crippen LogP contribution is 2.21. The normalized spacial score (nSPS) is 11.1. The van der Waals surface area contributed by atoms with Crippen molar-refractivity contribution in [3.8, 4) is 0 Å². The molecular formula is C17H15N5O5S2. The van der Waals surface area contributed by atoms with Crippen molar-refractivity contribution < 1.29 is 18.1 Å². The molecule has 0 bridgehead atoms. The summed E-state index contributed by atoms with van der Waals surface area (Å²) >= 11 is 1.15. The standard InChI is InChI=1S/C17H15N5O5S2/c1-2-15-19-20-17(28-15)21-29(26,27)14-9-5-12(6-10-14)18-16(23)11-3-7-13(8-4-11)22(24)25/h3-10H,2H2,1H3,(H,18,23)(H,20,21). The van der Waals surface area contributed by atoms with Gasteiger partial charge in [0.2, 0.25) is 5.13 Å². The summed E-state index contributed by atoms with van der Waals surface area (Å²) in [6.07, 6.45) is 0.655. The van der Waals surface area contributed by atoms with Crippen molar-refractivity contribution in [2.24, 2.45) is 0 Å². The van der Waals surface area contributed by atoms with Gasteiger partial charge in [0.15, 0.2) is 0 Å². The number of nitro benzene ring substituents is 1. The highest BCUT2D eigenvalue weighted by molar-refractivity contribution is 7.93. The summed E-state index contributed by atoms with van der Waals surface area (Å²) in [5.41, 5.74) is 0.485. The molecule has 1 heterocycles. The van der Waals surface area contributed by atoms with E-state index < -0.39 is 20.9 Å². The molecule has 3 rings (SSSR count). The first kappa shape index (κ1) is 20.4. The number of amides is 1. The van der Waals surface area contributed by atoms with Crippen LogP contribution in [0.4, 0.5) is 16.5 Å². The first-order valence-electron chi connectivity index (χ1n) is 8.29. The van der Waals surface area contributed by atoms with Gasteiger partial charge in [0.25, 0.3) is 21.6 Å². The lowest BCUT2D eigenvalue weighted by Crippen LogP contribution is -2.14. The number of carbonyl (C=O) groups excluding carboxylic acids is 1. The summed E-state index contributed by atoms with van der Waals surface area (Å²) in [5.74, 6) is -0.477. The number of rotatable bonds is 7. The molecular weight excluding hydrogens is 418 g/mol. The molecule has 29 heavy (non-hydrogen) atoms. The van der Waals surface area contributed by atoms with E-state index in [9.17, 15) is 23.3 Å². The molecule has 0 aliphatic heterocycles. The van der Waals surface area contributed by atoms with E-state index in [4.69, 9.17) is 0 Å². The van der Waals surface area contributed by atoms with Crippen LogP contribution in [0.3, 0.4) is 0 Å². The van der Waals surface area contributed by atoms with Gasteiger partial charge in [-0.15, -0.1) is 10.2 Å². The maximum Gasteiger partial charge on any atom is 0.269 e. The van der Waals surface area contributed by atoms with E-state index in [1.807, 2.05) is 6.92 Å². The van der Waals surface area contributed by atoms with E-state index in [-0.39, 0.29) is 21.3 Å². The third-order valence-corrected chi connectivity index (χ3v) is 6.22. The molecule has 2 aromatic carbocycles. The van der Waals surface area contributed by atoms with Crippen molar-refractivity contribution >= 4 is 43.8 Å². The largest absolute Gasteiger partial charge is 0.322 e. The number of nitrogens with zero attached hydrogens (tertiary/aromatic N) is 3. The summed E-state index contributed by atoms with van der Waals surface area (Å²) in [7, 11) is -3.84. The third-order valence-electron chi connectivity index (χ3n) is 3.75. The second kappa shape index (κ2) is 8.32. The molecule has 0 fully saturated rings. The van der Waals surface area contributed by atoms with Crippen molar-refractivity contribution in [2.75, 3.05) is 10.0 Å². The smallest absolute Gasteiger partial charge is 0.269 e. The fourth-order valence-corrected chi connectivity index (χ4v) is 4.18. The van der Waals surface area contributed by atoms with Gasteiger partial charge in [-0.25, -0.2) is 8.42 Å².